The van der Waals surface area contributed by atoms with Crippen LogP contribution in [0.25, 0.3) is 0 Å². The molecule has 1 saturated carbocycles. The second-order valence-electron chi connectivity index (χ2n) is 4.19. The molecule has 0 aromatic heterocycles. The van der Waals surface area contributed by atoms with E-state index in [0.717, 1.165) is 12.8 Å². The predicted molar refractivity (Wildman–Crippen MR) is 70.9 cm³/mol. The highest BCUT2D eigenvalue weighted by Gasteiger charge is 2.34. The second kappa shape index (κ2) is 5.48. The van der Waals surface area contributed by atoms with Crippen molar-refractivity contribution in [3.05, 3.63) is 39.9 Å². The molecule has 6 heteroatoms. The van der Waals surface area contributed by atoms with E-state index in [4.69, 9.17) is 0 Å². The van der Waals surface area contributed by atoms with Gasteiger partial charge in [-0.1, -0.05) is 28.1 Å². The summed E-state index contributed by atoms with van der Waals surface area (Å²) in [4.78, 5) is 24.5. The zero-order valence-electron chi connectivity index (χ0n) is 9.71. The number of alkyl halides is 1. The number of rotatable bonds is 5. The molecule has 1 aromatic rings. The Bertz CT molecular complexity index is 474. The summed E-state index contributed by atoms with van der Waals surface area (Å²) in [7, 11) is 0. The van der Waals surface area contributed by atoms with Crippen molar-refractivity contribution in [2.45, 2.75) is 18.9 Å². The highest BCUT2D eigenvalue weighted by molar-refractivity contribution is 9.09. The Kier molecular flexibility index (Phi) is 3.96. The van der Waals surface area contributed by atoms with Gasteiger partial charge in [0.2, 0.25) is 0 Å². The molecule has 1 amide bonds. The Labute approximate surface area is 113 Å². The van der Waals surface area contributed by atoms with E-state index >= 15 is 0 Å². The number of carbonyl (C=O) groups excluding carboxylic acids is 1. The molecule has 0 unspecified atom stereocenters. The third-order valence-electron chi connectivity index (χ3n) is 2.91. The summed E-state index contributed by atoms with van der Waals surface area (Å²) >= 11 is 3.31. The van der Waals surface area contributed by atoms with Gasteiger partial charge in [0, 0.05) is 24.0 Å². The van der Waals surface area contributed by atoms with Crippen LogP contribution >= 0.6 is 15.9 Å². The van der Waals surface area contributed by atoms with Crippen LogP contribution in [0.5, 0.6) is 0 Å². The number of nitro benzene ring substituents is 1. The fourth-order valence-electron chi connectivity index (χ4n) is 1.90. The lowest BCUT2D eigenvalue weighted by molar-refractivity contribution is -0.385. The second-order valence-corrected chi connectivity index (χ2v) is 4.99. The molecule has 2 rings (SSSR count). The van der Waals surface area contributed by atoms with Gasteiger partial charge in [-0.05, 0) is 18.9 Å². The standard InChI is InChI=1S/C12H13BrN2O3/c13-7-8-14(9-5-6-9)12(16)10-3-1-2-4-11(10)15(17)18/h1-4,9H,5-8H2. The van der Waals surface area contributed by atoms with Crippen LogP contribution in [0.2, 0.25) is 0 Å². The van der Waals surface area contributed by atoms with Crippen LogP contribution in [0.1, 0.15) is 23.2 Å². The quantitative estimate of drug-likeness (QED) is 0.477. The Morgan fingerprint density at radius 2 is 2.11 bits per heavy atom. The first-order valence-corrected chi connectivity index (χ1v) is 6.87. The largest absolute Gasteiger partial charge is 0.335 e. The summed E-state index contributed by atoms with van der Waals surface area (Å²) in [5.41, 5.74) is 0.0538. The molecule has 1 aliphatic rings. The molecule has 5 nitrogen and oxygen atoms in total. The molecule has 0 spiro atoms. The molecule has 0 aliphatic heterocycles. The van der Waals surface area contributed by atoms with E-state index in [1.807, 2.05) is 0 Å². The summed E-state index contributed by atoms with van der Waals surface area (Å²) in [5.74, 6) is -0.246. The van der Waals surface area contributed by atoms with Crippen molar-refractivity contribution < 1.29 is 9.72 Å². The maximum absolute atomic E-state index is 12.3. The first kappa shape index (κ1) is 13.0. The van der Waals surface area contributed by atoms with Gasteiger partial charge in [0.1, 0.15) is 5.56 Å². The zero-order chi connectivity index (χ0) is 13.1. The third kappa shape index (κ3) is 2.69. The van der Waals surface area contributed by atoms with Crippen LogP contribution in [-0.2, 0) is 0 Å². The molecule has 1 fully saturated rings. The van der Waals surface area contributed by atoms with Gasteiger partial charge in [0.15, 0.2) is 0 Å². The Morgan fingerprint density at radius 1 is 1.44 bits per heavy atom. The molecular weight excluding hydrogens is 300 g/mol. The molecule has 0 atom stereocenters. The van der Waals surface area contributed by atoms with Gasteiger partial charge in [0.25, 0.3) is 11.6 Å². The minimum absolute atomic E-state index is 0.122. The summed E-state index contributed by atoms with van der Waals surface area (Å²) in [5, 5.41) is 11.6. The van der Waals surface area contributed by atoms with Gasteiger partial charge >= 0.3 is 0 Å². The summed E-state index contributed by atoms with van der Waals surface area (Å²) < 4.78 is 0. The maximum Gasteiger partial charge on any atom is 0.282 e. The number of nitro groups is 1. The molecule has 0 N–H and O–H groups in total. The topological polar surface area (TPSA) is 63.4 Å². The monoisotopic (exact) mass is 312 g/mol. The van der Waals surface area contributed by atoms with Crippen molar-refractivity contribution in [3.8, 4) is 0 Å². The SMILES string of the molecule is O=C(c1ccccc1[N+](=O)[O-])N(CCBr)C1CC1. The predicted octanol–water partition coefficient (Wildman–Crippen LogP) is 2.59. The average molecular weight is 313 g/mol. The van der Waals surface area contributed by atoms with E-state index in [9.17, 15) is 14.9 Å². The number of amides is 1. The lowest BCUT2D eigenvalue weighted by atomic mass is 10.1. The summed E-state index contributed by atoms with van der Waals surface area (Å²) in [6, 6.07) is 6.35. The van der Waals surface area contributed by atoms with Crippen LogP contribution in [-0.4, -0.2) is 33.6 Å². The first-order chi connectivity index (χ1) is 8.65. The van der Waals surface area contributed by atoms with Crippen LogP contribution in [0.4, 0.5) is 5.69 Å². The van der Waals surface area contributed by atoms with E-state index < -0.39 is 4.92 Å². The van der Waals surface area contributed by atoms with Crippen LogP contribution in [0.3, 0.4) is 0 Å². The van der Waals surface area contributed by atoms with Gasteiger partial charge in [-0.2, -0.15) is 0 Å². The number of hydrogen-bond acceptors (Lipinski definition) is 3. The summed E-state index contributed by atoms with van der Waals surface area (Å²) in [6.45, 7) is 0.579. The van der Waals surface area contributed by atoms with Gasteiger partial charge in [-0.15, -0.1) is 0 Å². The summed E-state index contributed by atoms with van der Waals surface area (Å²) in [6.07, 6.45) is 1.97. The van der Waals surface area contributed by atoms with E-state index in [2.05, 4.69) is 15.9 Å². The lowest BCUT2D eigenvalue weighted by Gasteiger charge is -2.21. The van der Waals surface area contributed by atoms with Crippen molar-refractivity contribution in [2.75, 3.05) is 11.9 Å². The molecule has 1 aliphatic carbocycles. The fourth-order valence-corrected chi connectivity index (χ4v) is 2.28. The van der Waals surface area contributed by atoms with Gasteiger partial charge in [-0.3, -0.25) is 14.9 Å². The third-order valence-corrected chi connectivity index (χ3v) is 3.26. The Balaban J connectivity index is 2.29. The number of halogens is 1. The van der Waals surface area contributed by atoms with Crippen molar-refractivity contribution >= 4 is 27.5 Å². The lowest BCUT2D eigenvalue weighted by Crippen LogP contribution is -2.35. The Morgan fingerprint density at radius 3 is 2.67 bits per heavy atom. The van der Waals surface area contributed by atoms with E-state index in [1.165, 1.54) is 12.1 Å². The highest BCUT2D eigenvalue weighted by Crippen LogP contribution is 2.30. The van der Waals surface area contributed by atoms with Crippen LogP contribution < -0.4 is 0 Å². The highest BCUT2D eigenvalue weighted by atomic mass is 79.9. The molecule has 1 aromatic carbocycles. The molecule has 0 radical (unpaired) electrons. The van der Waals surface area contributed by atoms with E-state index in [1.54, 1.807) is 17.0 Å². The first-order valence-electron chi connectivity index (χ1n) is 5.75. The van der Waals surface area contributed by atoms with Crippen LogP contribution in [0, 0.1) is 10.1 Å². The molecular formula is C12H13BrN2O3. The van der Waals surface area contributed by atoms with Crippen molar-refractivity contribution in [2.24, 2.45) is 0 Å². The van der Waals surface area contributed by atoms with Crippen molar-refractivity contribution in [3.63, 3.8) is 0 Å². The van der Waals surface area contributed by atoms with Crippen LogP contribution in [0.15, 0.2) is 24.3 Å². The number of nitrogens with zero attached hydrogens (tertiary/aromatic N) is 2. The number of hydrogen-bond donors (Lipinski definition) is 0. The number of benzene rings is 1. The smallest absolute Gasteiger partial charge is 0.282 e. The maximum atomic E-state index is 12.3. The van der Waals surface area contributed by atoms with Crippen molar-refractivity contribution in [1.82, 2.24) is 4.90 Å². The number of carbonyl (C=O) groups is 1. The fraction of sp³-hybridized carbons (Fsp3) is 0.417. The molecule has 0 bridgehead atoms. The van der Waals surface area contributed by atoms with Gasteiger partial charge in [0.05, 0.1) is 4.92 Å². The van der Waals surface area contributed by atoms with Crippen molar-refractivity contribution in [1.29, 1.82) is 0 Å². The average Bonchev–Trinajstić information content (AvgIpc) is 3.19. The van der Waals surface area contributed by atoms with E-state index in [0.29, 0.717) is 11.9 Å². The molecule has 0 heterocycles. The van der Waals surface area contributed by atoms with Gasteiger partial charge < -0.3 is 4.90 Å². The molecule has 18 heavy (non-hydrogen) atoms. The molecule has 0 saturated heterocycles. The molecule has 96 valence electrons. The number of para-hydroxylation sites is 1. The van der Waals surface area contributed by atoms with Gasteiger partial charge in [-0.25, -0.2) is 0 Å². The Hall–Kier alpha value is -1.43. The minimum atomic E-state index is -0.507. The normalized spacial score (nSPS) is 14.3. The minimum Gasteiger partial charge on any atom is -0.335 e. The zero-order valence-corrected chi connectivity index (χ0v) is 11.3. The van der Waals surface area contributed by atoms with E-state index in [-0.39, 0.29) is 23.2 Å².